The molecule has 1 aromatic carbocycles. The van der Waals surface area contributed by atoms with Gasteiger partial charge in [-0.3, -0.25) is 4.90 Å². The van der Waals surface area contributed by atoms with Gasteiger partial charge in [0, 0.05) is 50.3 Å². The van der Waals surface area contributed by atoms with E-state index < -0.39 is 5.60 Å². The fourth-order valence-corrected chi connectivity index (χ4v) is 5.70. The van der Waals surface area contributed by atoms with Crippen LogP contribution in [0, 0.1) is 0 Å². The van der Waals surface area contributed by atoms with Crippen LogP contribution in [-0.2, 0) is 16.1 Å². The Morgan fingerprint density at radius 1 is 1.11 bits per heavy atom. The third-order valence-corrected chi connectivity index (χ3v) is 8.09. The smallest absolute Gasteiger partial charge is 0.410 e. The van der Waals surface area contributed by atoms with Gasteiger partial charge >= 0.3 is 12.2 Å². The monoisotopic (exact) mass is 530 g/mol. The van der Waals surface area contributed by atoms with Crippen LogP contribution in [0.5, 0.6) is 0 Å². The lowest BCUT2D eigenvalue weighted by Gasteiger charge is -2.50. The lowest BCUT2D eigenvalue weighted by molar-refractivity contribution is -0.0190. The maximum absolute atomic E-state index is 13.4. The molecule has 2 aliphatic rings. The molecule has 1 atom stereocenters. The van der Waals surface area contributed by atoms with E-state index in [9.17, 15) is 9.59 Å². The molecule has 2 N–H and O–H groups in total. The molecular formula is C30H50N4O4. The van der Waals surface area contributed by atoms with Crippen LogP contribution in [-0.4, -0.2) is 82.8 Å². The van der Waals surface area contributed by atoms with Crippen molar-refractivity contribution in [3.05, 3.63) is 35.9 Å². The fraction of sp³-hybridized carbons (Fsp3) is 0.733. The zero-order valence-electron chi connectivity index (χ0n) is 24.3. The molecule has 2 amide bonds. The number of likely N-dealkylation sites (tertiary alicyclic amines) is 2. The number of carbonyl (C=O) groups is 2. The lowest BCUT2D eigenvalue weighted by Crippen LogP contribution is -2.60. The lowest BCUT2D eigenvalue weighted by atomic mass is 9.85. The molecule has 0 radical (unpaired) electrons. The van der Waals surface area contributed by atoms with Gasteiger partial charge in [-0.15, -0.1) is 0 Å². The van der Waals surface area contributed by atoms with E-state index in [1.54, 1.807) is 0 Å². The van der Waals surface area contributed by atoms with Crippen LogP contribution >= 0.6 is 0 Å². The van der Waals surface area contributed by atoms with E-state index in [0.29, 0.717) is 19.6 Å². The van der Waals surface area contributed by atoms with E-state index in [1.807, 2.05) is 60.9 Å². The zero-order valence-corrected chi connectivity index (χ0v) is 24.3. The summed E-state index contributed by atoms with van der Waals surface area (Å²) in [6, 6.07) is 9.93. The number of piperidine rings is 2. The maximum atomic E-state index is 13.4. The first-order valence-corrected chi connectivity index (χ1v) is 14.5. The molecular weight excluding hydrogens is 480 g/mol. The van der Waals surface area contributed by atoms with Crippen LogP contribution in [0.15, 0.2) is 30.3 Å². The minimum absolute atomic E-state index is 0.0116. The van der Waals surface area contributed by atoms with Crippen LogP contribution in [0.4, 0.5) is 9.59 Å². The van der Waals surface area contributed by atoms with Crippen LogP contribution in [0.25, 0.3) is 0 Å². The molecule has 2 heterocycles. The second kappa shape index (κ2) is 13.7. The highest BCUT2D eigenvalue weighted by atomic mass is 16.6. The minimum Gasteiger partial charge on any atom is -0.445 e. The summed E-state index contributed by atoms with van der Waals surface area (Å²) < 4.78 is 11.4. The van der Waals surface area contributed by atoms with Gasteiger partial charge < -0.3 is 25.0 Å². The van der Waals surface area contributed by atoms with Crippen molar-refractivity contribution in [3.63, 3.8) is 0 Å². The maximum Gasteiger partial charge on any atom is 0.410 e. The first-order chi connectivity index (χ1) is 18.1. The summed E-state index contributed by atoms with van der Waals surface area (Å²) >= 11 is 0. The Morgan fingerprint density at radius 2 is 1.74 bits per heavy atom. The molecule has 2 aliphatic heterocycles. The molecule has 214 valence electrons. The number of benzene rings is 1. The molecule has 1 aromatic rings. The number of unbranched alkanes of at least 4 members (excludes halogenated alkanes) is 1. The normalized spacial score (nSPS) is 19.6. The Balaban J connectivity index is 1.60. The molecule has 38 heavy (non-hydrogen) atoms. The fourth-order valence-electron chi connectivity index (χ4n) is 5.70. The van der Waals surface area contributed by atoms with Gasteiger partial charge in [-0.1, -0.05) is 50.1 Å². The number of amides is 2. The van der Waals surface area contributed by atoms with Gasteiger partial charge in [0.2, 0.25) is 0 Å². The highest BCUT2D eigenvalue weighted by molar-refractivity contribution is 5.69. The van der Waals surface area contributed by atoms with E-state index in [2.05, 4.69) is 18.7 Å². The van der Waals surface area contributed by atoms with Crippen LogP contribution < -0.4 is 5.73 Å². The number of ether oxygens (including phenoxy) is 2. The SMILES string of the molecule is CCCCC(CN)N(C(=O)OCc1ccccc1)C1CCN(C2(C)CCN(C(=O)OC(C)(C)C)CC2)CC1. The van der Waals surface area contributed by atoms with Gasteiger partial charge in [0.1, 0.15) is 12.2 Å². The number of carbonyl (C=O) groups excluding carboxylic acids is 2. The third kappa shape index (κ3) is 8.34. The molecule has 8 heteroatoms. The molecule has 2 fully saturated rings. The van der Waals surface area contributed by atoms with Gasteiger partial charge in [-0.05, 0) is 65.4 Å². The van der Waals surface area contributed by atoms with Gasteiger partial charge in [-0.25, -0.2) is 9.59 Å². The van der Waals surface area contributed by atoms with Crippen molar-refractivity contribution in [3.8, 4) is 0 Å². The standard InChI is InChI=1S/C30H50N4O4/c1-6-7-13-26(22-31)34(28(36)37-23-24-11-9-8-10-12-24)25-14-18-33(19-15-25)30(5)16-20-32(21-17-30)27(35)38-29(2,3)4/h8-12,25-26H,6-7,13-23,31H2,1-5H3. The van der Waals surface area contributed by atoms with Crippen molar-refractivity contribution in [2.45, 2.75) is 109 Å². The van der Waals surface area contributed by atoms with Gasteiger partial charge in [-0.2, -0.15) is 0 Å². The van der Waals surface area contributed by atoms with E-state index in [0.717, 1.165) is 63.6 Å². The van der Waals surface area contributed by atoms with E-state index >= 15 is 0 Å². The summed E-state index contributed by atoms with van der Waals surface area (Å²) in [5.41, 5.74) is 6.75. The van der Waals surface area contributed by atoms with Gasteiger partial charge in [0.25, 0.3) is 0 Å². The molecule has 8 nitrogen and oxygen atoms in total. The van der Waals surface area contributed by atoms with Gasteiger partial charge in [0.05, 0.1) is 0 Å². The summed E-state index contributed by atoms with van der Waals surface area (Å²) in [6.07, 6.45) is 6.16. The Labute approximate surface area is 229 Å². The molecule has 0 aromatic heterocycles. The Hall–Kier alpha value is -2.32. The summed E-state index contributed by atoms with van der Waals surface area (Å²) in [6.45, 7) is 14.1. The quantitative estimate of drug-likeness (QED) is 0.460. The van der Waals surface area contributed by atoms with E-state index in [-0.39, 0.29) is 36.4 Å². The molecule has 0 bridgehead atoms. The first kappa shape index (κ1) is 30.2. The Bertz CT molecular complexity index is 872. The summed E-state index contributed by atoms with van der Waals surface area (Å²) in [7, 11) is 0. The highest BCUT2D eigenvalue weighted by Gasteiger charge is 2.41. The van der Waals surface area contributed by atoms with Crippen LogP contribution in [0.2, 0.25) is 0 Å². The second-order valence-corrected chi connectivity index (χ2v) is 12.2. The molecule has 0 saturated carbocycles. The number of nitrogens with two attached hydrogens (primary N) is 1. The minimum atomic E-state index is -0.480. The van der Waals surface area contributed by atoms with Crippen molar-refractivity contribution < 1.29 is 19.1 Å². The van der Waals surface area contributed by atoms with Gasteiger partial charge in [0.15, 0.2) is 0 Å². The van der Waals surface area contributed by atoms with E-state index in [1.165, 1.54) is 0 Å². The van der Waals surface area contributed by atoms with Crippen molar-refractivity contribution in [2.24, 2.45) is 5.73 Å². The summed E-state index contributed by atoms with van der Waals surface area (Å²) in [5, 5.41) is 0. The van der Waals surface area contributed by atoms with Crippen molar-refractivity contribution in [2.75, 3.05) is 32.7 Å². The number of hydrogen-bond donors (Lipinski definition) is 1. The molecule has 3 rings (SSSR count). The molecule has 2 saturated heterocycles. The predicted molar refractivity (Wildman–Crippen MR) is 151 cm³/mol. The predicted octanol–water partition coefficient (Wildman–Crippen LogP) is 5.40. The Kier molecular flexibility index (Phi) is 10.9. The van der Waals surface area contributed by atoms with Crippen molar-refractivity contribution >= 4 is 12.2 Å². The first-order valence-electron chi connectivity index (χ1n) is 14.5. The highest BCUT2D eigenvalue weighted by Crippen LogP contribution is 2.33. The number of nitrogens with zero attached hydrogens (tertiary/aromatic N) is 3. The Morgan fingerprint density at radius 3 is 2.29 bits per heavy atom. The summed E-state index contributed by atoms with van der Waals surface area (Å²) in [4.78, 5) is 32.3. The zero-order chi connectivity index (χ0) is 27.8. The largest absolute Gasteiger partial charge is 0.445 e. The van der Waals surface area contributed by atoms with E-state index in [4.69, 9.17) is 15.2 Å². The average molecular weight is 531 g/mol. The summed E-state index contributed by atoms with van der Waals surface area (Å²) in [5.74, 6) is 0. The molecule has 1 unspecified atom stereocenters. The van der Waals surface area contributed by atoms with Crippen LogP contribution in [0.1, 0.15) is 85.1 Å². The van der Waals surface area contributed by atoms with Crippen LogP contribution in [0.3, 0.4) is 0 Å². The van der Waals surface area contributed by atoms with Crippen molar-refractivity contribution in [1.82, 2.24) is 14.7 Å². The third-order valence-electron chi connectivity index (χ3n) is 8.09. The number of hydrogen-bond acceptors (Lipinski definition) is 6. The number of rotatable bonds is 9. The van der Waals surface area contributed by atoms with Crippen molar-refractivity contribution in [1.29, 1.82) is 0 Å². The molecule has 0 aliphatic carbocycles. The average Bonchev–Trinajstić information content (AvgIpc) is 2.90. The molecule has 0 spiro atoms. The second-order valence-electron chi connectivity index (χ2n) is 12.2. The topological polar surface area (TPSA) is 88.3 Å².